The van der Waals surface area contributed by atoms with E-state index in [1.54, 1.807) is 17.4 Å². The summed E-state index contributed by atoms with van der Waals surface area (Å²) in [6.07, 6.45) is 5.41. The lowest BCUT2D eigenvalue weighted by atomic mass is 9.94. The first kappa shape index (κ1) is 31.6. The molecule has 3 aromatic rings. The SMILES string of the molecule is C=Cc1sc(-c2cc(C(=O)NS(=O)(=O)N3CCOCC3)c3c(OC(C)C4CCOCC4)ccc(C)c3n2)c(C)c1CCC. The van der Waals surface area contributed by atoms with Gasteiger partial charge in [0.25, 0.3) is 5.91 Å². The van der Waals surface area contributed by atoms with Gasteiger partial charge in [0, 0.05) is 31.2 Å². The van der Waals surface area contributed by atoms with E-state index >= 15 is 0 Å². The molecule has 1 atom stereocenters. The van der Waals surface area contributed by atoms with Gasteiger partial charge in [-0.25, -0.2) is 9.71 Å². The number of fused-ring (bicyclic) bond motifs is 1. The summed E-state index contributed by atoms with van der Waals surface area (Å²) in [6.45, 7) is 14.5. The standard InChI is InChI=1S/C32H41N3O6S2/c1-6-8-24-21(4)31(42-28(24)7-2)26-19-25(32(36)34-43(37,38)35-13-17-40-18-14-35)29-27(10-9-20(3)30(29)33-26)41-22(5)23-11-15-39-16-12-23/h7,9-10,19,22-23H,2,6,8,11-18H2,1,3-5H3,(H,34,36). The molecule has 1 unspecified atom stereocenters. The average Bonchev–Trinajstić information content (AvgIpc) is 3.33. The highest BCUT2D eigenvalue weighted by Gasteiger charge is 2.30. The zero-order chi connectivity index (χ0) is 30.7. The molecule has 43 heavy (non-hydrogen) atoms. The lowest BCUT2D eigenvalue weighted by Gasteiger charge is -2.29. The Morgan fingerprint density at radius 2 is 1.91 bits per heavy atom. The molecule has 0 saturated carbocycles. The van der Waals surface area contributed by atoms with E-state index in [0.29, 0.717) is 41.5 Å². The van der Waals surface area contributed by atoms with Crippen LogP contribution >= 0.6 is 11.3 Å². The number of pyridine rings is 1. The molecule has 1 N–H and O–H groups in total. The minimum absolute atomic E-state index is 0.131. The van der Waals surface area contributed by atoms with E-state index in [2.05, 4.69) is 25.1 Å². The van der Waals surface area contributed by atoms with Crippen LogP contribution in [0.15, 0.2) is 24.8 Å². The smallest absolute Gasteiger partial charge is 0.304 e. The Bertz CT molecular complexity index is 1600. The van der Waals surface area contributed by atoms with Crippen molar-refractivity contribution in [3.63, 3.8) is 0 Å². The number of rotatable bonds is 10. The molecule has 1 aromatic carbocycles. The van der Waals surface area contributed by atoms with Gasteiger partial charge in [-0.3, -0.25) is 4.79 Å². The van der Waals surface area contributed by atoms with Gasteiger partial charge in [-0.05, 0) is 74.8 Å². The summed E-state index contributed by atoms with van der Waals surface area (Å²) >= 11 is 1.59. The van der Waals surface area contributed by atoms with Crippen LogP contribution in [0, 0.1) is 19.8 Å². The largest absolute Gasteiger partial charge is 0.490 e. The van der Waals surface area contributed by atoms with Crippen molar-refractivity contribution in [1.82, 2.24) is 14.0 Å². The number of carbonyl (C=O) groups is 1. The summed E-state index contributed by atoms with van der Waals surface area (Å²) in [5.74, 6) is 0.0922. The summed E-state index contributed by atoms with van der Waals surface area (Å²) < 4.78 is 47.5. The van der Waals surface area contributed by atoms with Crippen LogP contribution in [0.3, 0.4) is 0 Å². The number of aryl methyl sites for hydroxylation is 1. The summed E-state index contributed by atoms with van der Waals surface area (Å²) in [4.78, 5) is 21.1. The Balaban J connectivity index is 1.65. The molecule has 232 valence electrons. The number of nitrogens with zero attached hydrogens (tertiary/aromatic N) is 2. The first-order valence-electron chi connectivity index (χ1n) is 15.0. The van der Waals surface area contributed by atoms with Crippen LogP contribution in [-0.4, -0.2) is 69.2 Å². The van der Waals surface area contributed by atoms with Gasteiger partial charge in [0.1, 0.15) is 5.75 Å². The molecule has 2 aliphatic heterocycles. The topological polar surface area (TPSA) is 107 Å². The molecule has 2 fully saturated rings. The first-order valence-corrected chi connectivity index (χ1v) is 17.2. The normalized spacial score (nSPS) is 17.6. The highest BCUT2D eigenvalue weighted by atomic mass is 32.2. The van der Waals surface area contributed by atoms with E-state index < -0.39 is 16.1 Å². The van der Waals surface area contributed by atoms with Gasteiger partial charge in [0.15, 0.2) is 0 Å². The number of amides is 1. The van der Waals surface area contributed by atoms with Crippen molar-refractivity contribution in [2.24, 2.45) is 5.92 Å². The third-order valence-corrected chi connectivity index (χ3v) is 11.2. The Hall–Kier alpha value is -2.83. The molecule has 1 amide bonds. The van der Waals surface area contributed by atoms with Gasteiger partial charge < -0.3 is 14.2 Å². The lowest BCUT2D eigenvalue weighted by molar-refractivity contribution is 0.0243. The van der Waals surface area contributed by atoms with Gasteiger partial charge in [-0.1, -0.05) is 32.1 Å². The van der Waals surface area contributed by atoms with Crippen LogP contribution < -0.4 is 9.46 Å². The Labute approximate surface area is 258 Å². The second-order valence-electron chi connectivity index (χ2n) is 11.2. The number of nitrogens with one attached hydrogen (secondary N) is 1. The number of carbonyl (C=O) groups excluding carboxylic acids is 1. The van der Waals surface area contributed by atoms with Crippen LogP contribution in [0.1, 0.15) is 65.0 Å². The van der Waals surface area contributed by atoms with Crippen LogP contribution in [0.25, 0.3) is 27.6 Å². The molecule has 2 aliphatic rings. The van der Waals surface area contributed by atoms with Crippen molar-refractivity contribution in [3.8, 4) is 16.3 Å². The predicted molar refractivity (Wildman–Crippen MR) is 171 cm³/mol. The maximum atomic E-state index is 14.0. The van der Waals surface area contributed by atoms with Crippen molar-refractivity contribution >= 4 is 44.4 Å². The number of benzene rings is 1. The number of morpholine rings is 1. The quantitative estimate of drug-likeness (QED) is 0.308. The van der Waals surface area contributed by atoms with E-state index in [-0.39, 0.29) is 38.0 Å². The number of hydrogen-bond donors (Lipinski definition) is 1. The molecular weight excluding hydrogens is 587 g/mol. The molecule has 9 nitrogen and oxygen atoms in total. The second kappa shape index (κ2) is 13.4. The van der Waals surface area contributed by atoms with Crippen molar-refractivity contribution in [2.45, 2.75) is 59.5 Å². The Morgan fingerprint density at radius 3 is 2.58 bits per heavy atom. The Kier molecular flexibility index (Phi) is 9.87. The molecule has 0 bridgehead atoms. The van der Waals surface area contributed by atoms with Gasteiger partial charge in [0.05, 0.1) is 46.4 Å². The second-order valence-corrected chi connectivity index (χ2v) is 14.0. The lowest BCUT2D eigenvalue weighted by Crippen LogP contribution is -2.48. The monoisotopic (exact) mass is 627 g/mol. The number of aromatic nitrogens is 1. The molecule has 0 aliphatic carbocycles. The van der Waals surface area contributed by atoms with E-state index in [1.165, 1.54) is 9.87 Å². The van der Waals surface area contributed by atoms with Crippen molar-refractivity contribution in [2.75, 3.05) is 39.5 Å². The predicted octanol–water partition coefficient (Wildman–Crippen LogP) is 5.68. The average molecular weight is 628 g/mol. The molecule has 0 radical (unpaired) electrons. The molecule has 4 heterocycles. The highest BCUT2D eigenvalue weighted by molar-refractivity contribution is 7.87. The number of hydrogen-bond acceptors (Lipinski definition) is 8. The van der Waals surface area contributed by atoms with Crippen LogP contribution in [0.2, 0.25) is 0 Å². The molecule has 5 rings (SSSR count). The van der Waals surface area contributed by atoms with Crippen LogP contribution in [0.5, 0.6) is 5.75 Å². The summed E-state index contributed by atoms with van der Waals surface area (Å²) in [5.41, 5.74) is 4.61. The van der Waals surface area contributed by atoms with E-state index in [1.807, 2.05) is 32.1 Å². The van der Waals surface area contributed by atoms with Crippen LogP contribution in [-0.2, 0) is 26.1 Å². The van der Waals surface area contributed by atoms with E-state index in [9.17, 15) is 13.2 Å². The maximum Gasteiger partial charge on any atom is 0.304 e. The van der Waals surface area contributed by atoms with Crippen molar-refractivity contribution < 1.29 is 27.4 Å². The van der Waals surface area contributed by atoms with Crippen molar-refractivity contribution in [3.05, 3.63) is 51.9 Å². The zero-order valence-corrected chi connectivity index (χ0v) is 27.0. The molecule has 2 saturated heterocycles. The van der Waals surface area contributed by atoms with E-state index in [4.69, 9.17) is 19.2 Å². The molecule has 11 heteroatoms. The fourth-order valence-electron chi connectivity index (χ4n) is 5.88. The van der Waals surface area contributed by atoms with Crippen molar-refractivity contribution in [1.29, 1.82) is 0 Å². The third-order valence-electron chi connectivity index (χ3n) is 8.36. The maximum absolute atomic E-state index is 14.0. The van der Waals surface area contributed by atoms with E-state index in [0.717, 1.165) is 46.6 Å². The van der Waals surface area contributed by atoms with Gasteiger partial charge in [-0.15, -0.1) is 11.3 Å². The number of ether oxygens (including phenoxy) is 3. The number of thiophene rings is 1. The van der Waals surface area contributed by atoms with Gasteiger partial charge >= 0.3 is 10.2 Å². The summed E-state index contributed by atoms with van der Waals surface area (Å²) in [5, 5.41) is 0.504. The summed E-state index contributed by atoms with van der Waals surface area (Å²) in [7, 11) is -4.09. The molecule has 2 aromatic heterocycles. The third kappa shape index (κ3) is 6.66. The fourth-order valence-corrected chi connectivity index (χ4v) is 8.15. The van der Waals surface area contributed by atoms with Gasteiger partial charge in [0.2, 0.25) is 0 Å². The zero-order valence-electron chi connectivity index (χ0n) is 25.4. The Morgan fingerprint density at radius 1 is 1.21 bits per heavy atom. The minimum atomic E-state index is -4.09. The van der Waals surface area contributed by atoms with Crippen LogP contribution in [0.4, 0.5) is 0 Å². The minimum Gasteiger partial charge on any atom is -0.490 e. The van der Waals surface area contributed by atoms with Gasteiger partial charge in [-0.2, -0.15) is 12.7 Å². The molecule has 0 spiro atoms. The first-order chi connectivity index (χ1) is 20.6. The summed E-state index contributed by atoms with van der Waals surface area (Å²) in [6, 6.07) is 5.50. The highest BCUT2D eigenvalue weighted by Crippen LogP contribution is 2.40. The molecular formula is C32H41N3O6S2. The fraction of sp³-hybridized carbons (Fsp3) is 0.500.